The molecule has 0 heterocycles. The first-order chi connectivity index (χ1) is 19.3. The quantitative estimate of drug-likeness (QED) is 0.284. The highest BCUT2D eigenvalue weighted by Crippen LogP contribution is 2.25. The van der Waals surface area contributed by atoms with E-state index in [1.807, 2.05) is 44.2 Å². The summed E-state index contributed by atoms with van der Waals surface area (Å²) in [6.07, 6.45) is 1.17. The maximum atomic E-state index is 14.1. The summed E-state index contributed by atoms with van der Waals surface area (Å²) in [5.74, 6) is -1.25. The Morgan fingerprint density at radius 2 is 1.56 bits per heavy atom. The van der Waals surface area contributed by atoms with Gasteiger partial charge in [-0.05, 0) is 56.2 Å². The van der Waals surface area contributed by atoms with E-state index in [1.54, 1.807) is 30.3 Å². The lowest BCUT2D eigenvalue weighted by molar-refractivity contribution is -0.140. The van der Waals surface area contributed by atoms with Gasteiger partial charge in [0.2, 0.25) is 21.8 Å². The molecule has 0 bridgehead atoms. The number of sulfonamides is 1. The van der Waals surface area contributed by atoms with Crippen molar-refractivity contribution >= 4 is 56.5 Å². The van der Waals surface area contributed by atoms with E-state index in [1.165, 1.54) is 24.0 Å². The van der Waals surface area contributed by atoms with Crippen LogP contribution in [0.25, 0.3) is 0 Å². The molecule has 0 aliphatic carbocycles. The predicted molar refractivity (Wildman–Crippen MR) is 163 cm³/mol. The number of hydrogen-bond donors (Lipinski definition) is 1. The zero-order valence-electron chi connectivity index (χ0n) is 23.3. The van der Waals surface area contributed by atoms with Crippen molar-refractivity contribution in [1.82, 2.24) is 10.2 Å². The van der Waals surface area contributed by atoms with E-state index in [2.05, 4.69) is 5.32 Å². The number of halogens is 2. The Balaban J connectivity index is 2.09. The van der Waals surface area contributed by atoms with E-state index in [4.69, 9.17) is 23.2 Å². The first kappa shape index (κ1) is 32.1. The first-order valence-electron chi connectivity index (χ1n) is 12.9. The van der Waals surface area contributed by atoms with Gasteiger partial charge in [0.05, 0.1) is 22.0 Å². The standard InChI is InChI=1S/C30H33Cl2N3O5S/c1-20(2)33-30(38)28(16-22-9-6-5-7-10-22)34(18-23-13-14-26(31)27(32)15-23)29(37)19-35(41(4,39)40)25-12-8-11-24(17-25)21(3)36/h5-15,17,20,28H,16,18-19H2,1-4H3,(H,33,38)/t28-/m0/s1. The van der Waals surface area contributed by atoms with Crippen LogP contribution in [0.3, 0.4) is 0 Å². The minimum Gasteiger partial charge on any atom is -0.352 e. The zero-order valence-corrected chi connectivity index (χ0v) is 25.6. The van der Waals surface area contributed by atoms with Crippen molar-refractivity contribution in [3.05, 3.63) is 99.5 Å². The smallest absolute Gasteiger partial charge is 0.244 e. The minimum absolute atomic E-state index is 0.0379. The molecule has 0 radical (unpaired) electrons. The molecule has 41 heavy (non-hydrogen) atoms. The molecule has 3 rings (SSSR count). The molecule has 0 unspecified atom stereocenters. The minimum atomic E-state index is -3.96. The van der Waals surface area contributed by atoms with Crippen LogP contribution < -0.4 is 9.62 Å². The van der Waals surface area contributed by atoms with Crippen molar-refractivity contribution in [2.24, 2.45) is 0 Å². The van der Waals surface area contributed by atoms with Crippen LogP contribution in [0, 0.1) is 0 Å². The van der Waals surface area contributed by atoms with Gasteiger partial charge < -0.3 is 10.2 Å². The second kappa shape index (κ2) is 14.0. The second-order valence-corrected chi connectivity index (χ2v) is 12.7. The van der Waals surface area contributed by atoms with Crippen molar-refractivity contribution < 1.29 is 22.8 Å². The van der Waals surface area contributed by atoms with Gasteiger partial charge in [0.15, 0.2) is 5.78 Å². The molecule has 8 nitrogen and oxygen atoms in total. The van der Waals surface area contributed by atoms with E-state index in [-0.39, 0.29) is 41.4 Å². The Labute approximate surface area is 251 Å². The van der Waals surface area contributed by atoms with Crippen molar-refractivity contribution in [3.63, 3.8) is 0 Å². The van der Waals surface area contributed by atoms with Crippen LogP contribution >= 0.6 is 23.2 Å². The maximum absolute atomic E-state index is 14.1. The molecule has 0 aliphatic rings. The topological polar surface area (TPSA) is 104 Å². The molecule has 0 aromatic heterocycles. The lowest BCUT2D eigenvalue weighted by Gasteiger charge is -2.34. The number of rotatable bonds is 12. The van der Waals surface area contributed by atoms with E-state index in [9.17, 15) is 22.8 Å². The van der Waals surface area contributed by atoms with Gasteiger partial charge >= 0.3 is 0 Å². The molecule has 0 spiro atoms. The van der Waals surface area contributed by atoms with Crippen LogP contribution in [0.1, 0.15) is 42.3 Å². The third-order valence-electron chi connectivity index (χ3n) is 6.26. The number of carbonyl (C=O) groups is 3. The molecule has 1 atom stereocenters. The van der Waals surface area contributed by atoms with Crippen LogP contribution in [-0.4, -0.2) is 55.8 Å². The predicted octanol–water partition coefficient (Wildman–Crippen LogP) is 5.13. The number of amides is 2. The molecule has 3 aromatic rings. The largest absolute Gasteiger partial charge is 0.352 e. The summed E-state index contributed by atoms with van der Waals surface area (Å²) in [5.41, 5.74) is 1.88. The van der Waals surface area contributed by atoms with Crippen molar-refractivity contribution in [2.75, 3.05) is 17.1 Å². The third kappa shape index (κ3) is 9.05. The Kier molecular flexibility index (Phi) is 11.0. The van der Waals surface area contributed by atoms with Gasteiger partial charge in [0.1, 0.15) is 12.6 Å². The number of ketones is 1. The highest BCUT2D eigenvalue weighted by molar-refractivity contribution is 7.92. The first-order valence-corrected chi connectivity index (χ1v) is 15.5. The van der Waals surface area contributed by atoms with Gasteiger partial charge in [0, 0.05) is 24.6 Å². The average Bonchev–Trinajstić information content (AvgIpc) is 2.90. The summed E-state index contributed by atoms with van der Waals surface area (Å²) >= 11 is 12.4. The lowest BCUT2D eigenvalue weighted by Crippen LogP contribution is -2.54. The number of anilines is 1. The van der Waals surface area contributed by atoms with Gasteiger partial charge in [-0.2, -0.15) is 0 Å². The number of nitrogens with one attached hydrogen (secondary N) is 1. The monoisotopic (exact) mass is 617 g/mol. The molecule has 1 N–H and O–H groups in total. The lowest BCUT2D eigenvalue weighted by atomic mass is 10.0. The maximum Gasteiger partial charge on any atom is 0.244 e. The Hall–Kier alpha value is -3.40. The van der Waals surface area contributed by atoms with Gasteiger partial charge in [-0.15, -0.1) is 0 Å². The summed E-state index contributed by atoms with van der Waals surface area (Å²) in [4.78, 5) is 41.0. The average molecular weight is 619 g/mol. The Morgan fingerprint density at radius 1 is 0.878 bits per heavy atom. The van der Waals surface area contributed by atoms with Gasteiger partial charge in [-0.3, -0.25) is 18.7 Å². The fourth-order valence-electron chi connectivity index (χ4n) is 4.26. The summed E-state index contributed by atoms with van der Waals surface area (Å²) < 4.78 is 26.8. The summed E-state index contributed by atoms with van der Waals surface area (Å²) in [5, 5.41) is 3.50. The van der Waals surface area contributed by atoms with Gasteiger partial charge in [-0.25, -0.2) is 8.42 Å². The number of nitrogens with zero attached hydrogens (tertiary/aromatic N) is 2. The Morgan fingerprint density at radius 3 is 2.15 bits per heavy atom. The SMILES string of the molecule is CC(=O)c1cccc(N(CC(=O)N(Cc2ccc(Cl)c(Cl)c2)[C@@H](Cc2ccccc2)C(=O)NC(C)C)S(C)(=O)=O)c1. The molecular weight excluding hydrogens is 585 g/mol. The number of Topliss-reactive ketones (excluding diaryl/α,β-unsaturated/α-hetero) is 1. The molecule has 2 amide bonds. The van der Waals surface area contributed by atoms with Gasteiger partial charge in [0.25, 0.3) is 0 Å². The number of hydrogen-bond acceptors (Lipinski definition) is 5. The fraction of sp³-hybridized carbons (Fsp3) is 0.300. The molecule has 0 aliphatic heterocycles. The molecule has 11 heteroatoms. The van der Waals surface area contributed by atoms with Crippen LogP contribution in [0.2, 0.25) is 10.0 Å². The normalized spacial score (nSPS) is 12.1. The van der Waals surface area contributed by atoms with Crippen LogP contribution in [-0.2, 0) is 32.6 Å². The van der Waals surface area contributed by atoms with E-state index < -0.39 is 28.5 Å². The van der Waals surface area contributed by atoms with E-state index >= 15 is 0 Å². The van der Waals surface area contributed by atoms with Crippen LogP contribution in [0.5, 0.6) is 0 Å². The highest BCUT2D eigenvalue weighted by Gasteiger charge is 2.33. The zero-order chi connectivity index (χ0) is 30.3. The number of benzene rings is 3. The second-order valence-electron chi connectivity index (χ2n) is 10.0. The molecule has 0 saturated heterocycles. The van der Waals surface area contributed by atoms with Crippen LogP contribution in [0.4, 0.5) is 5.69 Å². The Bertz CT molecular complexity index is 1510. The fourth-order valence-corrected chi connectivity index (χ4v) is 5.43. The third-order valence-corrected chi connectivity index (χ3v) is 8.14. The summed E-state index contributed by atoms with van der Waals surface area (Å²) in [7, 11) is -3.96. The molecule has 3 aromatic carbocycles. The van der Waals surface area contributed by atoms with Crippen molar-refractivity contribution in [3.8, 4) is 0 Å². The highest BCUT2D eigenvalue weighted by atomic mass is 35.5. The van der Waals surface area contributed by atoms with E-state index in [0.29, 0.717) is 16.1 Å². The molecule has 218 valence electrons. The summed E-state index contributed by atoms with van der Waals surface area (Å²) in [6.45, 7) is 4.37. The van der Waals surface area contributed by atoms with Gasteiger partial charge in [-0.1, -0.05) is 71.7 Å². The number of carbonyl (C=O) groups excluding carboxylic acids is 3. The molecular formula is C30H33Cl2N3O5S. The van der Waals surface area contributed by atoms with Crippen molar-refractivity contribution in [1.29, 1.82) is 0 Å². The van der Waals surface area contributed by atoms with Crippen molar-refractivity contribution in [2.45, 2.75) is 45.8 Å². The summed E-state index contributed by atoms with van der Waals surface area (Å²) in [6, 6.07) is 19.0. The molecule has 0 saturated carbocycles. The van der Waals surface area contributed by atoms with E-state index in [0.717, 1.165) is 16.1 Å². The van der Waals surface area contributed by atoms with Crippen LogP contribution in [0.15, 0.2) is 72.8 Å². The molecule has 0 fully saturated rings.